The van der Waals surface area contributed by atoms with Crippen molar-refractivity contribution in [2.75, 3.05) is 7.05 Å². The first-order chi connectivity index (χ1) is 6.86. The fraction of sp³-hybridized carbons (Fsp3) is 0.417. The van der Waals surface area contributed by atoms with Gasteiger partial charge in [-0.2, -0.15) is 0 Å². The molecule has 0 radical (unpaired) electrons. The fourth-order valence-corrected chi connectivity index (χ4v) is 1.47. The minimum Gasteiger partial charge on any atom is -0.317 e. The molecule has 0 spiro atoms. The molecule has 14 heavy (non-hydrogen) atoms. The number of aromatic nitrogens is 1. The van der Waals surface area contributed by atoms with Crippen molar-refractivity contribution in [3.63, 3.8) is 0 Å². The number of rotatable bonds is 6. The zero-order valence-corrected chi connectivity index (χ0v) is 8.74. The third-order valence-corrected chi connectivity index (χ3v) is 2.33. The molecule has 0 bridgehead atoms. The van der Waals surface area contributed by atoms with Gasteiger partial charge in [-0.3, -0.25) is 4.98 Å². The lowest BCUT2D eigenvalue weighted by Gasteiger charge is -2.14. The molecule has 0 saturated heterocycles. The van der Waals surface area contributed by atoms with Gasteiger partial charge in [-0.25, -0.2) is 0 Å². The average molecular weight is 190 g/mol. The Kier molecular flexibility index (Phi) is 4.94. The Morgan fingerprint density at radius 1 is 1.64 bits per heavy atom. The van der Waals surface area contributed by atoms with Gasteiger partial charge in [0.1, 0.15) is 0 Å². The molecule has 0 aliphatic carbocycles. The Balaban J connectivity index is 2.44. The largest absolute Gasteiger partial charge is 0.317 e. The number of nitrogens with one attached hydrogen (secondary N) is 1. The van der Waals surface area contributed by atoms with Crippen LogP contribution in [0.15, 0.2) is 37.2 Å². The lowest BCUT2D eigenvalue weighted by atomic mass is 10.0. The highest BCUT2D eigenvalue weighted by Crippen LogP contribution is 2.06. The van der Waals surface area contributed by atoms with Gasteiger partial charge in [0, 0.05) is 18.4 Å². The van der Waals surface area contributed by atoms with Crippen molar-refractivity contribution in [3.8, 4) is 0 Å². The van der Waals surface area contributed by atoms with Gasteiger partial charge in [-0.1, -0.05) is 12.1 Å². The standard InChI is InChI=1S/C12H18N2/c1-3-4-7-12(13-2)9-11-6-5-8-14-10-11/h3,5-6,8,10,12-13H,1,4,7,9H2,2H3. The number of allylic oxidation sites excluding steroid dienone is 1. The first-order valence-corrected chi connectivity index (χ1v) is 5.04. The van der Waals surface area contributed by atoms with Crippen molar-refractivity contribution >= 4 is 0 Å². The van der Waals surface area contributed by atoms with E-state index < -0.39 is 0 Å². The second kappa shape index (κ2) is 6.33. The topological polar surface area (TPSA) is 24.9 Å². The molecule has 1 atom stereocenters. The van der Waals surface area contributed by atoms with Gasteiger partial charge in [-0.05, 0) is 37.9 Å². The summed E-state index contributed by atoms with van der Waals surface area (Å²) in [6.07, 6.45) is 8.94. The van der Waals surface area contributed by atoms with E-state index in [1.165, 1.54) is 5.56 Å². The summed E-state index contributed by atoms with van der Waals surface area (Å²) < 4.78 is 0. The summed E-state index contributed by atoms with van der Waals surface area (Å²) in [4.78, 5) is 4.10. The van der Waals surface area contributed by atoms with Crippen LogP contribution in [0.1, 0.15) is 18.4 Å². The molecule has 0 aliphatic heterocycles. The van der Waals surface area contributed by atoms with Crippen LogP contribution in [0.2, 0.25) is 0 Å². The number of pyridine rings is 1. The van der Waals surface area contributed by atoms with E-state index in [1.54, 1.807) is 0 Å². The third-order valence-electron chi connectivity index (χ3n) is 2.33. The van der Waals surface area contributed by atoms with Crippen LogP contribution in [0.3, 0.4) is 0 Å². The van der Waals surface area contributed by atoms with Crippen molar-refractivity contribution in [2.45, 2.75) is 25.3 Å². The average Bonchev–Trinajstić information content (AvgIpc) is 2.25. The van der Waals surface area contributed by atoms with E-state index in [4.69, 9.17) is 0 Å². The molecule has 1 aromatic rings. The van der Waals surface area contributed by atoms with Crippen LogP contribution >= 0.6 is 0 Å². The van der Waals surface area contributed by atoms with E-state index in [0.717, 1.165) is 19.3 Å². The summed E-state index contributed by atoms with van der Waals surface area (Å²) in [7, 11) is 2.00. The number of hydrogen-bond acceptors (Lipinski definition) is 2. The van der Waals surface area contributed by atoms with Crippen molar-refractivity contribution in [1.29, 1.82) is 0 Å². The van der Waals surface area contributed by atoms with Crippen LogP contribution in [0.25, 0.3) is 0 Å². The molecular weight excluding hydrogens is 172 g/mol. The summed E-state index contributed by atoms with van der Waals surface area (Å²) in [5.74, 6) is 0. The number of likely N-dealkylation sites (N-methyl/N-ethyl adjacent to an activating group) is 1. The maximum absolute atomic E-state index is 4.10. The van der Waals surface area contributed by atoms with E-state index >= 15 is 0 Å². The van der Waals surface area contributed by atoms with Crippen LogP contribution < -0.4 is 5.32 Å². The Morgan fingerprint density at radius 3 is 3.07 bits per heavy atom. The minimum atomic E-state index is 0.525. The molecule has 0 aromatic carbocycles. The predicted molar refractivity (Wildman–Crippen MR) is 60.2 cm³/mol. The Morgan fingerprint density at radius 2 is 2.50 bits per heavy atom. The SMILES string of the molecule is C=CCCC(Cc1cccnc1)NC. The summed E-state index contributed by atoms with van der Waals surface area (Å²) in [6, 6.07) is 4.62. The molecule has 0 saturated carbocycles. The van der Waals surface area contributed by atoms with Gasteiger partial charge in [0.05, 0.1) is 0 Å². The Hall–Kier alpha value is -1.15. The second-order valence-electron chi connectivity index (χ2n) is 3.42. The molecule has 1 heterocycles. The number of hydrogen-bond donors (Lipinski definition) is 1. The molecule has 76 valence electrons. The van der Waals surface area contributed by atoms with Gasteiger partial charge < -0.3 is 5.32 Å². The lowest BCUT2D eigenvalue weighted by molar-refractivity contribution is 0.524. The first kappa shape index (κ1) is 10.9. The summed E-state index contributed by atoms with van der Waals surface area (Å²) >= 11 is 0. The molecule has 0 fully saturated rings. The zero-order chi connectivity index (χ0) is 10.2. The van der Waals surface area contributed by atoms with Gasteiger partial charge in [0.25, 0.3) is 0 Å². The van der Waals surface area contributed by atoms with Crippen molar-refractivity contribution in [1.82, 2.24) is 10.3 Å². The van der Waals surface area contributed by atoms with Crippen LogP contribution in [0.4, 0.5) is 0 Å². The van der Waals surface area contributed by atoms with Crippen molar-refractivity contribution in [2.24, 2.45) is 0 Å². The molecule has 0 amide bonds. The van der Waals surface area contributed by atoms with E-state index in [9.17, 15) is 0 Å². The lowest BCUT2D eigenvalue weighted by Crippen LogP contribution is -2.27. The summed E-state index contributed by atoms with van der Waals surface area (Å²) in [5.41, 5.74) is 1.29. The Bertz CT molecular complexity index is 256. The fourth-order valence-electron chi connectivity index (χ4n) is 1.47. The van der Waals surface area contributed by atoms with Crippen LogP contribution in [-0.2, 0) is 6.42 Å². The first-order valence-electron chi connectivity index (χ1n) is 5.04. The highest BCUT2D eigenvalue weighted by Gasteiger charge is 2.05. The Labute approximate surface area is 86.1 Å². The van der Waals surface area contributed by atoms with E-state index in [0.29, 0.717) is 6.04 Å². The van der Waals surface area contributed by atoms with E-state index in [1.807, 2.05) is 31.6 Å². The highest BCUT2D eigenvalue weighted by atomic mass is 14.9. The molecule has 1 rings (SSSR count). The molecule has 2 heteroatoms. The smallest absolute Gasteiger partial charge is 0.0300 e. The summed E-state index contributed by atoms with van der Waals surface area (Å²) in [6.45, 7) is 3.73. The van der Waals surface area contributed by atoms with Crippen molar-refractivity contribution < 1.29 is 0 Å². The maximum atomic E-state index is 4.10. The quantitative estimate of drug-likeness (QED) is 0.695. The van der Waals surface area contributed by atoms with Gasteiger partial charge in [0.15, 0.2) is 0 Å². The predicted octanol–water partition coefficient (Wildman–Crippen LogP) is 2.18. The molecule has 0 aliphatic rings. The van der Waals surface area contributed by atoms with Crippen LogP contribution in [0, 0.1) is 0 Å². The third kappa shape index (κ3) is 3.71. The normalized spacial score (nSPS) is 12.4. The summed E-state index contributed by atoms with van der Waals surface area (Å²) in [5, 5.41) is 3.31. The van der Waals surface area contributed by atoms with Gasteiger partial charge in [-0.15, -0.1) is 6.58 Å². The van der Waals surface area contributed by atoms with Crippen LogP contribution in [0.5, 0.6) is 0 Å². The second-order valence-corrected chi connectivity index (χ2v) is 3.42. The molecular formula is C12H18N2. The zero-order valence-electron chi connectivity index (χ0n) is 8.74. The minimum absolute atomic E-state index is 0.525. The van der Waals surface area contributed by atoms with Crippen molar-refractivity contribution in [3.05, 3.63) is 42.7 Å². The number of nitrogens with zero attached hydrogens (tertiary/aromatic N) is 1. The molecule has 2 nitrogen and oxygen atoms in total. The highest BCUT2D eigenvalue weighted by molar-refractivity contribution is 5.10. The molecule has 1 N–H and O–H groups in total. The maximum Gasteiger partial charge on any atom is 0.0300 e. The molecule has 1 aromatic heterocycles. The molecule has 1 unspecified atom stereocenters. The van der Waals surface area contributed by atoms with Crippen LogP contribution in [-0.4, -0.2) is 18.1 Å². The van der Waals surface area contributed by atoms with E-state index in [2.05, 4.69) is 22.9 Å². The van der Waals surface area contributed by atoms with E-state index in [-0.39, 0.29) is 0 Å². The van der Waals surface area contributed by atoms with Gasteiger partial charge >= 0.3 is 0 Å². The monoisotopic (exact) mass is 190 g/mol. The van der Waals surface area contributed by atoms with Gasteiger partial charge in [0.2, 0.25) is 0 Å².